The minimum absolute atomic E-state index is 0.667. The molecule has 0 amide bonds. The van der Waals surface area contributed by atoms with E-state index in [1.165, 1.54) is 0 Å². The van der Waals surface area contributed by atoms with Gasteiger partial charge in [0, 0.05) is 23.6 Å². The number of rotatable bonds is 5. The van der Waals surface area contributed by atoms with Crippen LogP contribution in [0, 0.1) is 0 Å². The fraction of sp³-hybridized carbons (Fsp3) is 0.143. The lowest BCUT2D eigenvalue weighted by atomic mass is 10.2. The standard InChI is InChI=1S/C14H13N3OS/c1-2-4-11(5-3-1)13-10-19-14(17-13)9-15-8-12-6-7-16-18-12/h1-7,10,15H,8-9H2. The molecule has 0 bridgehead atoms. The van der Waals surface area contributed by atoms with Gasteiger partial charge in [-0.2, -0.15) is 0 Å². The number of nitrogens with one attached hydrogen (secondary N) is 1. The smallest absolute Gasteiger partial charge is 0.150 e. The van der Waals surface area contributed by atoms with Crippen molar-refractivity contribution >= 4 is 11.3 Å². The van der Waals surface area contributed by atoms with E-state index in [9.17, 15) is 0 Å². The van der Waals surface area contributed by atoms with Gasteiger partial charge < -0.3 is 9.84 Å². The SMILES string of the molecule is c1ccc(-c2csc(CNCc3ccno3)n2)cc1. The van der Waals surface area contributed by atoms with Crippen LogP contribution in [-0.2, 0) is 13.1 Å². The van der Waals surface area contributed by atoms with Crippen LogP contribution in [-0.4, -0.2) is 10.1 Å². The summed E-state index contributed by atoms with van der Waals surface area (Å²) in [6.07, 6.45) is 1.65. The van der Waals surface area contributed by atoms with Gasteiger partial charge in [0.05, 0.1) is 18.4 Å². The Morgan fingerprint density at radius 1 is 1.11 bits per heavy atom. The average Bonchev–Trinajstić information content (AvgIpc) is 3.11. The molecule has 0 saturated heterocycles. The molecule has 2 heterocycles. The van der Waals surface area contributed by atoms with Crippen molar-refractivity contribution in [1.29, 1.82) is 0 Å². The summed E-state index contributed by atoms with van der Waals surface area (Å²) in [5.41, 5.74) is 2.18. The maximum atomic E-state index is 5.02. The highest BCUT2D eigenvalue weighted by Gasteiger charge is 2.04. The summed E-state index contributed by atoms with van der Waals surface area (Å²) >= 11 is 1.66. The molecular formula is C14H13N3OS. The van der Waals surface area contributed by atoms with Gasteiger partial charge in [-0.05, 0) is 0 Å². The normalized spacial score (nSPS) is 10.7. The molecule has 0 atom stereocenters. The molecule has 1 N–H and O–H groups in total. The minimum Gasteiger partial charge on any atom is -0.360 e. The first kappa shape index (κ1) is 12.1. The Hall–Kier alpha value is -1.98. The van der Waals surface area contributed by atoms with Crippen molar-refractivity contribution in [2.45, 2.75) is 13.1 Å². The van der Waals surface area contributed by atoms with E-state index < -0.39 is 0 Å². The van der Waals surface area contributed by atoms with E-state index in [0.717, 1.165) is 28.6 Å². The van der Waals surface area contributed by atoms with Crippen LogP contribution >= 0.6 is 11.3 Å². The van der Waals surface area contributed by atoms with E-state index in [2.05, 4.69) is 33.0 Å². The number of aromatic nitrogens is 2. The molecule has 5 heteroatoms. The quantitative estimate of drug-likeness (QED) is 0.774. The van der Waals surface area contributed by atoms with E-state index in [0.29, 0.717) is 6.54 Å². The zero-order chi connectivity index (χ0) is 12.9. The molecule has 1 aromatic carbocycles. The van der Waals surface area contributed by atoms with Crippen LogP contribution in [0.25, 0.3) is 11.3 Å². The highest BCUT2D eigenvalue weighted by atomic mass is 32.1. The van der Waals surface area contributed by atoms with Crippen LogP contribution in [0.2, 0.25) is 0 Å². The predicted octanol–water partition coefficient (Wildman–Crippen LogP) is 3.09. The van der Waals surface area contributed by atoms with Crippen LogP contribution < -0.4 is 5.32 Å². The highest BCUT2D eigenvalue weighted by molar-refractivity contribution is 7.09. The molecule has 0 unspecified atom stereocenters. The summed E-state index contributed by atoms with van der Waals surface area (Å²) < 4.78 is 5.02. The monoisotopic (exact) mass is 271 g/mol. The third-order valence-corrected chi connectivity index (χ3v) is 3.54. The van der Waals surface area contributed by atoms with Crippen LogP contribution in [0.5, 0.6) is 0 Å². The fourth-order valence-corrected chi connectivity index (χ4v) is 2.53. The molecule has 0 saturated carbocycles. The van der Waals surface area contributed by atoms with E-state index in [-0.39, 0.29) is 0 Å². The largest absolute Gasteiger partial charge is 0.360 e. The highest BCUT2D eigenvalue weighted by Crippen LogP contribution is 2.21. The van der Waals surface area contributed by atoms with Crippen LogP contribution in [0.4, 0.5) is 0 Å². The van der Waals surface area contributed by atoms with Crippen LogP contribution in [0.3, 0.4) is 0 Å². The van der Waals surface area contributed by atoms with Gasteiger partial charge in [0.25, 0.3) is 0 Å². The first-order valence-electron chi connectivity index (χ1n) is 6.02. The Morgan fingerprint density at radius 3 is 2.79 bits per heavy atom. The van der Waals surface area contributed by atoms with Crippen LogP contribution in [0.15, 0.2) is 52.5 Å². The number of hydrogen-bond acceptors (Lipinski definition) is 5. The zero-order valence-electron chi connectivity index (χ0n) is 10.2. The Kier molecular flexibility index (Phi) is 3.67. The van der Waals surface area contributed by atoms with Gasteiger partial charge in [-0.3, -0.25) is 0 Å². The lowest BCUT2D eigenvalue weighted by molar-refractivity contribution is 0.372. The number of thiazole rings is 1. The maximum absolute atomic E-state index is 5.02. The van der Waals surface area contributed by atoms with E-state index >= 15 is 0 Å². The second-order valence-electron chi connectivity index (χ2n) is 4.07. The van der Waals surface area contributed by atoms with E-state index in [4.69, 9.17) is 4.52 Å². The lowest BCUT2D eigenvalue weighted by Gasteiger charge is -1.98. The molecule has 0 aliphatic carbocycles. The average molecular weight is 271 g/mol. The number of nitrogens with zero attached hydrogens (tertiary/aromatic N) is 2. The molecule has 0 aliphatic rings. The third kappa shape index (κ3) is 3.07. The van der Waals surface area contributed by atoms with Crippen molar-refractivity contribution in [3.05, 3.63) is 58.7 Å². The van der Waals surface area contributed by atoms with E-state index in [1.54, 1.807) is 17.5 Å². The molecule has 0 fully saturated rings. The Bertz CT molecular complexity index is 619. The van der Waals surface area contributed by atoms with Crippen LogP contribution in [0.1, 0.15) is 10.8 Å². The Morgan fingerprint density at radius 2 is 2.00 bits per heavy atom. The molecule has 2 aromatic heterocycles. The van der Waals surface area contributed by atoms with Gasteiger partial charge >= 0.3 is 0 Å². The molecule has 19 heavy (non-hydrogen) atoms. The molecule has 4 nitrogen and oxygen atoms in total. The summed E-state index contributed by atoms with van der Waals surface area (Å²) in [7, 11) is 0. The molecule has 3 aromatic rings. The van der Waals surface area contributed by atoms with Gasteiger partial charge in [0.2, 0.25) is 0 Å². The maximum Gasteiger partial charge on any atom is 0.150 e. The van der Waals surface area contributed by atoms with Crippen molar-refractivity contribution < 1.29 is 4.52 Å². The van der Waals surface area contributed by atoms with E-state index in [1.807, 2.05) is 24.3 Å². The van der Waals surface area contributed by atoms with Crippen molar-refractivity contribution in [3.63, 3.8) is 0 Å². The summed E-state index contributed by atoms with van der Waals surface area (Å²) in [5, 5.41) is 10.1. The van der Waals surface area contributed by atoms with Crippen molar-refractivity contribution in [2.24, 2.45) is 0 Å². The predicted molar refractivity (Wildman–Crippen MR) is 74.6 cm³/mol. The van der Waals surface area contributed by atoms with Crippen molar-refractivity contribution in [1.82, 2.24) is 15.5 Å². The van der Waals surface area contributed by atoms with Crippen molar-refractivity contribution in [2.75, 3.05) is 0 Å². The number of hydrogen-bond donors (Lipinski definition) is 1. The third-order valence-electron chi connectivity index (χ3n) is 2.69. The Labute approximate surface area is 115 Å². The molecule has 96 valence electrons. The van der Waals surface area contributed by atoms with Crippen molar-refractivity contribution in [3.8, 4) is 11.3 Å². The zero-order valence-corrected chi connectivity index (χ0v) is 11.1. The summed E-state index contributed by atoms with van der Waals surface area (Å²) in [6.45, 7) is 1.40. The topological polar surface area (TPSA) is 51.0 Å². The Balaban J connectivity index is 1.59. The van der Waals surface area contributed by atoms with Gasteiger partial charge in [0.15, 0.2) is 0 Å². The first-order valence-corrected chi connectivity index (χ1v) is 6.90. The molecule has 3 rings (SSSR count). The van der Waals surface area contributed by atoms with Gasteiger partial charge in [-0.1, -0.05) is 35.5 Å². The van der Waals surface area contributed by atoms with Gasteiger partial charge in [-0.25, -0.2) is 4.98 Å². The second-order valence-corrected chi connectivity index (χ2v) is 5.02. The minimum atomic E-state index is 0.667. The fourth-order valence-electron chi connectivity index (χ4n) is 1.76. The summed E-state index contributed by atoms with van der Waals surface area (Å²) in [4.78, 5) is 4.61. The summed E-state index contributed by atoms with van der Waals surface area (Å²) in [5.74, 6) is 0.833. The second kappa shape index (κ2) is 5.77. The summed E-state index contributed by atoms with van der Waals surface area (Å²) in [6, 6.07) is 12.1. The lowest BCUT2D eigenvalue weighted by Crippen LogP contribution is -2.11. The molecular weight excluding hydrogens is 258 g/mol. The first-order chi connectivity index (χ1) is 9.42. The molecule has 0 aliphatic heterocycles. The van der Waals surface area contributed by atoms with Gasteiger partial charge in [-0.15, -0.1) is 11.3 Å². The number of benzene rings is 1. The molecule has 0 spiro atoms. The molecule has 0 radical (unpaired) electrons. The van der Waals surface area contributed by atoms with Gasteiger partial charge in [0.1, 0.15) is 10.8 Å².